The number of carbonyl (C=O) groups excluding carboxylic acids is 1. The summed E-state index contributed by atoms with van der Waals surface area (Å²) in [4.78, 5) is 24.5. The van der Waals surface area contributed by atoms with E-state index in [-0.39, 0.29) is 25.4 Å². The highest BCUT2D eigenvalue weighted by Gasteiger charge is 2.59. The van der Waals surface area contributed by atoms with Gasteiger partial charge in [-0.2, -0.15) is 22.0 Å². The first-order valence-electron chi connectivity index (χ1n) is 10.6. The first-order valence-corrected chi connectivity index (χ1v) is 10.6. The second-order valence-corrected chi connectivity index (χ2v) is 7.51. The average Bonchev–Trinajstić information content (AvgIpc) is 2.79. The molecule has 198 valence electrons. The summed E-state index contributed by atoms with van der Waals surface area (Å²) >= 11 is 0. The Hall–Kier alpha value is -3.48. The molecule has 0 aliphatic heterocycles. The van der Waals surface area contributed by atoms with Crippen molar-refractivity contribution >= 4 is 12.1 Å². The summed E-state index contributed by atoms with van der Waals surface area (Å²) in [5.74, 6) is -2.23. The van der Waals surface area contributed by atoms with Gasteiger partial charge >= 0.3 is 24.3 Å². The molecule has 0 aliphatic rings. The molecule has 0 aromatic heterocycles. The molecule has 36 heavy (non-hydrogen) atoms. The van der Waals surface area contributed by atoms with Gasteiger partial charge in [0.05, 0.1) is 19.1 Å². The van der Waals surface area contributed by atoms with Crippen LogP contribution in [0.2, 0.25) is 0 Å². The number of carboxylic acids is 1. The lowest BCUT2D eigenvalue weighted by Gasteiger charge is -2.23. The maximum Gasteiger partial charge on any atom is 0.482 e. The van der Waals surface area contributed by atoms with Gasteiger partial charge in [-0.3, -0.25) is 4.79 Å². The maximum atomic E-state index is 13.4. The van der Waals surface area contributed by atoms with Gasteiger partial charge in [0.1, 0.15) is 23.9 Å². The van der Waals surface area contributed by atoms with Crippen LogP contribution in [0.4, 0.5) is 31.1 Å². The molecule has 1 N–H and O–H groups in total. The second kappa shape index (κ2) is 12.5. The van der Waals surface area contributed by atoms with Crippen LogP contribution in [-0.2, 0) is 9.53 Å². The SMILES string of the molecule is CC(C(=O)O)c1ccc(OCCN(CCCOC(F)(F)C(F)(F)F)C(=O)Oc2cccc(F)c2)cc1. The van der Waals surface area contributed by atoms with Crippen LogP contribution in [0.25, 0.3) is 0 Å². The fraction of sp³-hybridized carbons (Fsp3) is 0.391. The van der Waals surface area contributed by atoms with Crippen molar-refractivity contribution in [1.82, 2.24) is 4.90 Å². The van der Waals surface area contributed by atoms with Crippen molar-refractivity contribution in [2.24, 2.45) is 0 Å². The van der Waals surface area contributed by atoms with Crippen molar-refractivity contribution in [3.63, 3.8) is 0 Å². The van der Waals surface area contributed by atoms with Crippen LogP contribution in [0, 0.1) is 5.82 Å². The Morgan fingerprint density at radius 1 is 0.972 bits per heavy atom. The minimum Gasteiger partial charge on any atom is -0.492 e. The van der Waals surface area contributed by atoms with Crippen molar-refractivity contribution in [3.8, 4) is 11.5 Å². The third-order valence-corrected chi connectivity index (χ3v) is 4.83. The van der Waals surface area contributed by atoms with E-state index in [1.807, 2.05) is 0 Å². The minimum atomic E-state index is -5.88. The van der Waals surface area contributed by atoms with Crippen LogP contribution in [0.3, 0.4) is 0 Å². The van der Waals surface area contributed by atoms with E-state index in [2.05, 4.69) is 4.74 Å². The second-order valence-electron chi connectivity index (χ2n) is 7.51. The Morgan fingerprint density at radius 3 is 2.22 bits per heavy atom. The molecule has 2 rings (SSSR count). The van der Waals surface area contributed by atoms with Crippen molar-refractivity contribution in [1.29, 1.82) is 0 Å². The van der Waals surface area contributed by atoms with E-state index >= 15 is 0 Å². The van der Waals surface area contributed by atoms with E-state index in [0.717, 1.165) is 17.0 Å². The van der Waals surface area contributed by atoms with Gasteiger partial charge in [0.25, 0.3) is 0 Å². The molecule has 0 fully saturated rings. The number of hydrogen-bond donors (Lipinski definition) is 1. The van der Waals surface area contributed by atoms with Crippen LogP contribution in [0.15, 0.2) is 48.5 Å². The molecule has 1 atom stereocenters. The Balaban J connectivity index is 1.97. The summed E-state index contributed by atoms with van der Waals surface area (Å²) in [5.41, 5.74) is 0.533. The van der Waals surface area contributed by atoms with Gasteiger partial charge in [-0.15, -0.1) is 0 Å². The molecule has 7 nitrogen and oxygen atoms in total. The Bertz CT molecular complexity index is 1010. The monoisotopic (exact) mass is 523 g/mol. The number of rotatable bonds is 12. The third-order valence-electron chi connectivity index (χ3n) is 4.83. The first-order chi connectivity index (χ1) is 16.8. The zero-order valence-electron chi connectivity index (χ0n) is 18.9. The van der Waals surface area contributed by atoms with Crippen molar-refractivity contribution in [2.75, 3.05) is 26.3 Å². The van der Waals surface area contributed by atoms with Crippen LogP contribution in [0.5, 0.6) is 11.5 Å². The standard InChI is InChI=1S/C23H23F6NO6/c1-15(20(31)32)16-6-8-18(9-7-16)34-13-11-30(10-3-12-35-23(28,29)22(25,26)27)21(33)36-19-5-2-4-17(24)14-19/h2,4-9,14-15H,3,10-13H2,1H3,(H,31,32). The van der Waals surface area contributed by atoms with Gasteiger partial charge in [-0.05, 0) is 43.2 Å². The Morgan fingerprint density at radius 2 is 1.64 bits per heavy atom. The van der Waals surface area contributed by atoms with Gasteiger partial charge in [0.15, 0.2) is 0 Å². The van der Waals surface area contributed by atoms with Crippen molar-refractivity contribution < 1.29 is 55.2 Å². The number of benzene rings is 2. The van der Waals surface area contributed by atoms with Crippen molar-refractivity contribution in [3.05, 3.63) is 59.9 Å². The topological polar surface area (TPSA) is 85.3 Å². The lowest BCUT2D eigenvalue weighted by atomic mass is 10.0. The summed E-state index contributed by atoms with van der Waals surface area (Å²) < 4.78 is 90.0. The normalized spacial score (nSPS) is 12.6. The van der Waals surface area contributed by atoms with E-state index in [1.54, 1.807) is 12.1 Å². The molecule has 2 aromatic rings. The number of halogens is 6. The first kappa shape index (κ1) is 28.8. The van der Waals surface area contributed by atoms with Gasteiger partial charge in [-0.1, -0.05) is 18.2 Å². The molecule has 1 unspecified atom stereocenters. The quantitative estimate of drug-likeness (QED) is 0.294. The zero-order chi connectivity index (χ0) is 26.9. The lowest BCUT2D eigenvalue weighted by Crippen LogP contribution is -2.41. The van der Waals surface area contributed by atoms with Gasteiger partial charge < -0.3 is 24.2 Å². The molecule has 1 amide bonds. The summed E-state index contributed by atoms with van der Waals surface area (Å²) in [7, 11) is 0. The van der Waals surface area contributed by atoms with E-state index in [0.29, 0.717) is 11.3 Å². The van der Waals surface area contributed by atoms with E-state index in [1.165, 1.54) is 31.2 Å². The van der Waals surface area contributed by atoms with Gasteiger partial charge in [-0.25, -0.2) is 9.18 Å². The molecule has 0 radical (unpaired) electrons. The van der Waals surface area contributed by atoms with Crippen LogP contribution in [0.1, 0.15) is 24.8 Å². The number of nitrogens with zero attached hydrogens (tertiary/aromatic N) is 1. The molecular weight excluding hydrogens is 500 g/mol. The molecular formula is C23H23F6NO6. The predicted octanol–water partition coefficient (Wildman–Crippen LogP) is 5.46. The highest BCUT2D eigenvalue weighted by molar-refractivity contribution is 5.75. The molecule has 0 saturated heterocycles. The minimum absolute atomic E-state index is 0.133. The maximum absolute atomic E-state index is 13.4. The fourth-order valence-corrected chi connectivity index (χ4v) is 2.80. The van der Waals surface area contributed by atoms with Crippen molar-refractivity contribution in [2.45, 2.75) is 31.5 Å². The van der Waals surface area contributed by atoms with Crippen LogP contribution < -0.4 is 9.47 Å². The average molecular weight is 523 g/mol. The van der Waals surface area contributed by atoms with Gasteiger partial charge in [0, 0.05) is 12.6 Å². The smallest absolute Gasteiger partial charge is 0.482 e. The molecule has 0 aliphatic carbocycles. The number of alkyl halides is 5. The molecule has 13 heteroatoms. The highest BCUT2D eigenvalue weighted by Crippen LogP contribution is 2.36. The van der Waals surface area contributed by atoms with E-state index in [4.69, 9.17) is 14.6 Å². The number of ether oxygens (including phenoxy) is 3. The number of carboxylic acid groups (broad SMARTS) is 1. The largest absolute Gasteiger partial charge is 0.492 e. The Kier molecular flexibility index (Phi) is 9.96. The molecule has 0 spiro atoms. The van der Waals surface area contributed by atoms with Crippen LogP contribution in [-0.4, -0.2) is 60.7 Å². The molecule has 0 bridgehead atoms. The number of amides is 1. The molecule has 0 heterocycles. The predicted molar refractivity (Wildman–Crippen MR) is 114 cm³/mol. The zero-order valence-corrected chi connectivity index (χ0v) is 18.9. The number of hydrogen-bond acceptors (Lipinski definition) is 5. The highest BCUT2D eigenvalue weighted by atomic mass is 19.4. The molecule has 0 saturated carbocycles. The summed E-state index contributed by atoms with van der Waals surface area (Å²) in [6, 6.07) is 10.7. The number of aliphatic carboxylic acids is 1. The fourth-order valence-electron chi connectivity index (χ4n) is 2.80. The Labute approximate surface area is 202 Å². The lowest BCUT2D eigenvalue weighted by molar-refractivity contribution is -0.391. The number of carbonyl (C=O) groups is 2. The van der Waals surface area contributed by atoms with Gasteiger partial charge in [0.2, 0.25) is 0 Å². The van der Waals surface area contributed by atoms with E-state index in [9.17, 15) is 35.9 Å². The summed E-state index contributed by atoms with van der Waals surface area (Å²) in [5, 5.41) is 9.05. The molecule has 2 aromatic carbocycles. The summed E-state index contributed by atoms with van der Waals surface area (Å²) in [6.07, 6.45) is -12.6. The summed E-state index contributed by atoms with van der Waals surface area (Å²) in [6.45, 7) is -0.141. The van der Waals surface area contributed by atoms with Crippen LogP contribution >= 0.6 is 0 Å². The third kappa shape index (κ3) is 8.63. The van der Waals surface area contributed by atoms with E-state index < -0.39 is 49.1 Å².